The van der Waals surface area contributed by atoms with Gasteiger partial charge in [0.25, 0.3) is 0 Å². The highest BCUT2D eigenvalue weighted by Gasteiger charge is 2.00. The molecule has 0 saturated heterocycles. The fraction of sp³-hybridized carbons (Fsp3) is 0.200. The van der Waals surface area contributed by atoms with Gasteiger partial charge in [0.15, 0.2) is 0 Å². The van der Waals surface area contributed by atoms with E-state index < -0.39 is 0 Å². The Balaban J connectivity index is 2.92. The van der Waals surface area contributed by atoms with Gasteiger partial charge >= 0.3 is 0 Å². The van der Waals surface area contributed by atoms with Gasteiger partial charge < -0.3 is 4.98 Å². The van der Waals surface area contributed by atoms with Gasteiger partial charge in [0.1, 0.15) is 0 Å². The van der Waals surface area contributed by atoms with Crippen LogP contribution < -0.4 is 0 Å². The Labute approximate surface area is 66.1 Å². The molecule has 0 aliphatic heterocycles. The summed E-state index contributed by atoms with van der Waals surface area (Å²) in [7, 11) is 0. The maximum absolute atomic E-state index is 3.33. The van der Waals surface area contributed by atoms with Crippen molar-refractivity contribution in [3.63, 3.8) is 0 Å². The van der Waals surface area contributed by atoms with Crippen molar-refractivity contribution in [2.45, 2.75) is 13.8 Å². The van der Waals surface area contributed by atoms with Crippen molar-refractivity contribution in [1.29, 1.82) is 0 Å². The van der Waals surface area contributed by atoms with Crippen LogP contribution in [-0.4, -0.2) is 4.98 Å². The van der Waals surface area contributed by atoms with Gasteiger partial charge in [0, 0.05) is 16.6 Å². The van der Waals surface area contributed by atoms with Crippen LogP contribution in [0.3, 0.4) is 0 Å². The molecule has 1 aromatic carbocycles. The van der Waals surface area contributed by atoms with E-state index in [0.717, 1.165) is 0 Å². The predicted molar refractivity (Wildman–Crippen MR) is 47.8 cm³/mol. The first-order valence-electron chi connectivity index (χ1n) is 3.83. The highest BCUT2D eigenvalue weighted by molar-refractivity contribution is 5.84. The zero-order valence-electron chi connectivity index (χ0n) is 6.81. The number of aryl methyl sites for hydroxylation is 2. The monoisotopic (exact) mass is 145 g/mol. The van der Waals surface area contributed by atoms with Crippen molar-refractivity contribution in [3.8, 4) is 0 Å². The molecule has 2 aromatic rings. The van der Waals surface area contributed by atoms with Gasteiger partial charge in [-0.1, -0.05) is 18.2 Å². The zero-order chi connectivity index (χ0) is 7.84. The fourth-order valence-corrected chi connectivity index (χ4v) is 1.42. The van der Waals surface area contributed by atoms with Gasteiger partial charge in [0.05, 0.1) is 0 Å². The Morgan fingerprint density at radius 1 is 1.09 bits per heavy atom. The quantitative estimate of drug-likeness (QED) is 0.586. The smallest absolute Gasteiger partial charge is 0.0458 e. The highest BCUT2D eigenvalue weighted by Crippen LogP contribution is 2.19. The third-order valence-electron chi connectivity index (χ3n) is 2.22. The van der Waals surface area contributed by atoms with Crippen LogP contribution in [0.4, 0.5) is 0 Å². The van der Waals surface area contributed by atoms with E-state index in [1.54, 1.807) is 0 Å². The number of fused-ring (bicyclic) bond motifs is 1. The van der Waals surface area contributed by atoms with Crippen molar-refractivity contribution >= 4 is 10.9 Å². The van der Waals surface area contributed by atoms with Crippen molar-refractivity contribution < 1.29 is 0 Å². The van der Waals surface area contributed by atoms with Gasteiger partial charge in [-0.25, -0.2) is 0 Å². The van der Waals surface area contributed by atoms with Crippen LogP contribution in [-0.2, 0) is 0 Å². The van der Waals surface area contributed by atoms with E-state index in [1.807, 2.05) is 0 Å². The number of hydrogen-bond donors (Lipinski definition) is 1. The Hall–Kier alpha value is -1.24. The number of hydrogen-bond acceptors (Lipinski definition) is 0. The summed E-state index contributed by atoms with van der Waals surface area (Å²) in [6.45, 7) is 4.25. The van der Waals surface area contributed by atoms with Crippen molar-refractivity contribution in [2.75, 3.05) is 0 Å². The van der Waals surface area contributed by atoms with Crippen molar-refractivity contribution in [1.82, 2.24) is 4.98 Å². The normalized spacial score (nSPS) is 10.7. The summed E-state index contributed by atoms with van der Waals surface area (Å²) in [6.07, 6.45) is 0. The molecule has 0 fully saturated rings. The second kappa shape index (κ2) is 2.12. The SMILES string of the molecule is Cc1[nH]c2ccccc2c1C. The van der Waals surface area contributed by atoms with Gasteiger partial charge in [-0.3, -0.25) is 0 Å². The number of para-hydroxylation sites is 1. The highest BCUT2D eigenvalue weighted by atomic mass is 14.7. The van der Waals surface area contributed by atoms with Crippen LogP contribution >= 0.6 is 0 Å². The average molecular weight is 145 g/mol. The first kappa shape index (κ1) is 6.47. The molecule has 0 amide bonds. The predicted octanol–water partition coefficient (Wildman–Crippen LogP) is 2.78. The third kappa shape index (κ3) is 0.845. The first-order chi connectivity index (χ1) is 5.29. The van der Waals surface area contributed by atoms with Crippen molar-refractivity contribution in [3.05, 3.63) is 35.5 Å². The number of rotatable bonds is 0. The van der Waals surface area contributed by atoms with Crippen LogP contribution in [0.15, 0.2) is 24.3 Å². The first-order valence-corrected chi connectivity index (χ1v) is 3.83. The maximum Gasteiger partial charge on any atom is 0.0458 e. The van der Waals surface area contributed by atoms with Gasteiger partial charge in [-0.2, -0.15) is 0 Å². The summed E-state index contributed by atoms with van der Waals surface area (Å²) in [6, 6.07) is 8.38. The summed E-state index contributed by atoms with van der Waals surface area (Å²) in [5.74, 6) is 0. The van der Waals surface area contributed by atoms with E-state index in [1.165, 1.54) is 22.2 Å². The third-order valence-corrected chi connectivity index (χ3v) is 2.22. The topological polar surface area (TPSA) is 15.8 Å². The Kier molecular flexibility index (Phi) is 1.25. The molecular weight excluding hydrogens is 134 g/mol. The van der Waals surface area contributed by atoms with E-state index >= 15 is 0 Å². The van der Waals surface area contributed by atoms with E-state index in [0.29, 0.717) is 0 Å². The lowest BCUT2D eigenvalue weighted by Gasteiger charge is -1.87. The number of aromatic amines is 1. The maximum atomic E-state index is 3.33. The van der Waals surface area contributed by atoms with E-state index in [9.17, 15) is 0 Å². The molecule has 0 saturated carbocycles. The lowest BCUT2D eigenvalue weighted by molar-refractivity contribution is 1.25. The number of aromatic nitrogens is 1. The van der Waals surface area contributed by atoms with E-state index in [2.05, 4.69) is 43.1 Å². The molecule has 11 heavy (non-hydrogen) atoms. The number of benzene rings is 1. The summed E-state index contributed by atoms with van der Waals surface area (Å²) in [5, 5.41) is 1.34. The summed E-state index contributed by atoms with van der Waals surface area (Å²) >= 11 is 0. The molecule has 1 N–H and O–H groups in total. The Morgan fingerprint density at radius 2 is 1.82 bits per heavy atom. The minimum Gasteiger partial charge on any atom is -0.358 e. The molecule has 0 spiro atoms. The molecule has 0 bridgehead atoms. The van der Waals surface area contributed by atoms with Crippen LogP contribution in [0.5, 0.6) is 0 Å². The summed E-state index contributed by atoms with van der Waals surface area (Å²) < 4.78 is 0. The second-order valence-electron chi connectivity index (χ2n) is 2.92. The number of H-pyrrole nitrogens is 1. The Morgan fingerprint density at radius 3 is 2.55 bits per heavy atom. The molecule has 0 unspecified atom stereocenters. The van der Waals surface area contributed by atoms with Crippen molar-refractivity contribution in [2.24, 2.45) is 0 Å². The fourth-order valence-electron chi connectivity index (χ4n) is 1.42. The van der Waals surface area contributed by atoms with Gasteiger partial charge in [-0.15, -0.1) is 0 Å². The van der Waals surface area contributed by atoms with Gasteiger partial charge in [-0.05, 0) is 25.5 Å². The molecule has 0 aliphatic rings. The molecule has 0 radical (unpaired) electrons. The van der Waals surface area contributed by atoms with E-state index in [-0.39, 0.29) is 0 Å². The molecule has 56 valence electrons. The molecule has 1 aromatic heterocycles. The van der Waals surface area contributed by atoms with Crippen LogP contribution in [0.25, 0.3) is 10.9 Å². The minimum atomic E-state index is 1.24. The van der Waals surface area contributed by atoms with Gasteiger partial charge in [0.2, 0.25) is 0 Å². The van der Waals surface area contributed by atoms with Crippen LogP contribution in [0.2, 0.25) is 0 Å². The molecule has 1 heteroatoms. The lowest BCUT2D eigenvalue weighted by Crippen LogP contribution is -1.70. The molecular formula is C10H11N. The Bertz CT molecular complexity index is 385. The summed E-state index contributed by atoms with van der Waals surface area (Å²) in [5.41, 5.74) is 3.87. The second-order valence-corrected chi connectivity index (χ2v) is 2.92. The number of nitrogens with one attached hydrogen (secondary N) is 1. The standard InChI is InChI=1S/C10H11N/c1-7-8(2)11-10-6-4-3-5-9(7)10/h3-6,11H,1-2H3. The molecule has 0 aliphatic carbocycles. The van der Waals surface area contributed by atoms with E-state index in [4.69, 9.17) is 0 Å². The van der Waals surface area contributed by atoms with Crippen LogP contribution in [0.1, 0.15) is 11.3 Å². The van der Waals surface area contributed by atoms with Crippen LogP contribution in [0, 0.1) is 13.8 Å². The molecule has 1 heterocycles. The minimum absolute atomic E-state index is 1.24. The molecule has 1 nitrogen and oxygen atoms in total. The lowest BCUT2D eigenvalue weighted by atomic mass is 10.2. The average Bonchev–Trinajstić information content (AvgIpc) is 2.30. The zero-order valence-corrected chi connectivity index (χ0v) is 6.81. The largest absolute Gasteiger partial charge is 0.358 e. The molecule has 2 rings (SSSR count). The molecule has 0 atom stereocenters. The summed E-state index contributed by atoms with van der Waals surface area (Å²) in [4.78, 5) is 3.33.